The van der Waals surface area contributed by atoms with Gasteiger partial charge in [-0.2, -0.15) is 5.10 Å². The van der Waals surface area contributed by atoms with E-state index in [2.05, 4.69) is 15.5 Å². The maximum absolute atomic E-state index is 12.3. The van der Waals surface area contributed by atoms with Crippen molar-refractivity contribution in [2.45, 2.75) is 31.9 Å². The number of nitrogens with one attached hydrogen (secondary N) is 2. The Morgan fingerprint density at radius 2 is 2.28 bits per heavy atom. The van der Waals surface area contributed by atoms with E-state index in [1.165, 1.54) is 0 Å². The smallest absolute Gasteiger partial charge is 0.220 e. The van der Waals surface area contributed by atoms with Gasteiger partial charge in [0.2, 0.25) is 5.91 Å². The molecule has 1 amide bonds. The van der Waals surface area contributed by atoms with Crippen LogP contribution >= 0.6 is 0 Å². The summed E-state index contributed by atoms with van der Waals surface area (Å²) >= 11 is 0. The summed E-state index contributed by atoms with van der Waals surface area (Å²) in [6.07, 6.45) is 4.07. The molecule has 1 fully saturated rings. The molecule has 0 spiro atoms. The number of rotatable bonds is 8. The largest absolute Gasteiger partial charge is 0.494 e. The van der Waals surface area contributed by atoms with Crippen LogP contribution in [0.1, 0.15) is 18.9 Å². The molecule has 25 heavy (non-hydrogen) atoms. The van der Waals surface area contributed by atoms with E-state index in [9.17, 15) is 4.79 Å². The maximum atomic E-state index is 12.3. The Hall–Kier alpha value is -2.54. The molecule has 2 heterocycles. The zero-order chi connectivity index (χ0) is 17.5. The summed E-state index contributed by atoms with van der Waals surface area (Å²) in [5.74, 6) is 1.45. The molecule has 3 rings (SSSR count). The molecule has 7 heteroatoms. The number of hydrogen-bond donors (Lipinski definition) is 2. The first kappa shape index (κ1) is 17.3. The molecule has 2 atom stereocenters. The van der Waals surface area contributed by atoms with Crippen LogP contribution in [0.4, 0.5) is 0 Å². The SMILES string of the molecule is CCOc1ccccc1CCC(=O)N[C@H]1COC[C@H]1Oc1cn[nH]c1. The summed E-state index contributed by atoms with van der Waals surface area (Å²) in [6.45, 7) is 3.45. The van der Waals surface area contributed by atoms with Crippen LogP contribution in [0.15, 0.2) is 36.7 Å². The molecular formula is C18H23N3O4. The molecule has 1 aromatic carbocycles. The lowest BCUT2D eigenvalue weighted by atomic mass is 10.1. The molecule has 1 aromatic heterocycles. The summed E-state index contributed by atoms with van der Waals surface area (Å²) in [6, 6.07) is 7.64. The summed E-state index contributed by atoms with van der Waals surface area (Å²) in [4.78, 5) is 12.3. The van der Waals surface area contributed by atoms with E-state index in [0.29, 0.717) is 38.4 Å². The second kappa shape index (κ2) is 8.53. The molecule has 1 aliphatic heterocycles. The van der Waals surface area contributed by atoms with E-state index >= 15 is 0 Å². The summed E-state index contributed by atoms with van der Waals surface area (Å²) < 4.78 is 16.8. The quantitative estimate of drug-likeness (QED) is 0.761. The number of aromatic nitrogens is 2. The first-order valence-electron chi connectivity index (χ1n) is 8.49. The number of carbonyl (C=O) groups is 1. The van der Waals surface area contributed by atoms with Gasteiger partial charge in [-0.25, -0.2) is 0 Å². The van der Waals surface area contributed by atoms with Crippen molar-refractivity contribution in [2.75, 3.05) is 19.8 Å². The average molecular weight is 345 g/mol. The number of aryl methyl sites for hydroxylation is 1. The molecular weight excluding hydrogens is 322 g/mol. The Morgan fingerprint density at radius 1 is 1.40 bits per heavy atom. The van der Waals surface area contributed by atoms with Crippen molar-refractivity contribution in [3.8, 4) is 11.5 Å². The van der Waals surface area contributed by atoms with Gasteiger partial charge >= 0.3 is 0 Å². The normalized spacial score (nSPS) is 19.6. The van der Waals surface area contributed by atoms with Crippen molar-refractivity contribution < 1.29 is 19.0 Å². The second-order valence-corrected chi connectivity index (χ2v) is 5.84. The van der Waals surface area contributed by atoms with E-state index in [-0.39, 0.29) is 18.1 Å². The van der Waals surface area contributed by atoms with Crippen molar-refractivity contribution in [3.05, 3.63) is 42.2 Å². The Labute approximate surface area is 146 Å². The minimum atomic E-state index is -0.211. The third kappa shape index (κ3) is 4.73. The number of para-hydroxylation sites is 1. The number of benzene rings is 1. The van der Waals surface area contributed by atoms with E-state index < -0.39 is 0 Å². The van der Waals surface area contributed by atoms with Crippen LogP contribution in [0, 0.1) is 0 Å². The lowest BCUT2D eigenvalue weighted by Gasteiger charge is -2.19. The fraction of sp³-hybridized carbons (Fsp3) is 0.444. The second-order valence-electron chi connectivity index (χ2n) is 5.84. The van der Waals surface area contributed by atoms with Crippen LogP contribution < -0.4 is 14.8 Å². The number of H-pyrrole nitrogens is 1. The Morgan fingerprint density at radius 3 is 3.08 bits per heavy atom. The lowest BCUT2D eigenvalue weighted by Crippen LogP contribution is -2.45. The highest BCUT2D eigenvalue weighted by molar-refractivity contribution is 5.76. The first-order chi connectivity index (χ1) is 12.3. The van der Waals surface area contributed by atoms with Gasteiger partial charge in [0.25, 0.3) is 0 Å². The van der Waals surface area contributed by atoms with Crippen molar-refractivity contribution in [3.63, 3.8) is 0 Å². The number of hydrogen-bond acceptors (Lipinski definition) is 5. The molecule has 0 bridgehead atoms. The van der Waals surface area contributed by atoms with Gasteiger partial charge < -0.3 is 19.5 Å². The third-order valence-corrected chi connectivity index (χ3v) is 4.03. The van der Waals surface area contributed by atoms with Crippen LogP contribution in [0.2, 0.25) is 0 Å². The highest BCUT2D eigenvalue weighted by Crippen LogP contribution is 2.20. The number of aromatic amines is 1. The van der Waals surface area contributed by atoms with Crippen LogP contribution in [-0.2, 0) is 16.0 Å². The first-order valence-corrected chi connectivity index (χ1v) is 8.49. The molecule has 2 N–H and O–H groups in total. The zero-order valence-electron chi connectivity index (χ0n) is 14.2. The van der Waals surface area contributed by atoms with Crippen LogP contribution in [0.3, 0.4) is 0 Å². The van der Waals surface area contributed by atoms with Crippen molar-refractivity contribution in [1.82, 2.24) is 15.5 Å². The van der Waals surface area contributed by atoms with Crippen LogP contribution in [0.25, 0.3) is 0 Å². The van der Waals surface area contributed by atoms with Gasteiger partial charge in [0.05, 0.1) is 38.3 Å². The predicted octanol–water partition coefficient (Wildman–Crippen LogP) is 1.70. The van der Waals surface area contributed by atoms with E-state index in [0.717, 1.165) is 11.3 Å². The number of amides is 1. The summed E-state index contributed by atoms with van der Waals surface area (Å²) in [5, 5.41) is 9.55. The van der Waals surface area contributed by atoms with Gasteiger partial charge in [-0.3, -0.25) is 9.89 Å². The minimum absolute atomic E-state index is 0.0254. The number of nitrogens with zero attached hydrogens (tertiary/aromatic N) is 1. The minimum Gasteiger partial charge on any atom is -0.494 e. The van der Waals surface area contributed by atoms with Gasteiger partial charge in [-0.1, -0.05) is 18.2 Å². The highest BCUT2D eigenvalue weighted by atomic mass is 16.5. The topological polar surface area (TPSA) is 85.5 Å². The van der Waals surface area contributed by atoms with Gasteiger partial charge in [-0.15, -0.1) is 0 Å². The molecule has 1 saturated heterocycles. The predicted molar refractivity (Wildman–Crippen MR) is 91.7 cm³/mol. The molecule has 0 radical (unpaired) electrons. The van der Waals surface area contributed by atoms with Gasteiger partial charge in [-0.05, 0) is 25.0 Å². The molecule has 0 aliphatic carbocycles. The number of ether oxygens (including phenoxy) is 3. The maximum Gasteiger partial charge on any atom is 0.220 e. The van der Waals surface area contributed by atoms with E-state index in [4.69, 9.17) is 14.2 Å². The van der Waals surface area contributed by atoms with Crippen molar-refractivity contribution in [2.24, 2.45) is 0 Å². The standard InChI is InChI=1S/C18H23N3O4/c1-2-24-16-6-4-3-5-13(16)7-8-18(22)21-15-11-23-12-17(15)25-14-9-19-20-10-14/h3-6,9-10,15,17H,2,7-8,11-12H2,1H3,(H,19,20)(H,21,22)/t15-,17+/m0/s1. The van der Waals surface area contributed by atoms with Crippen LogP contribution in [-0.4, -0.2) is 48.1 Å². The molecule has 0 saturated carbocycles. The van der Waals surface area contributed by atoms with Crippen molar-refractivity contribution >= 4 is 5.91 Å². The van der Waals surface area contributed by atoms with Crippen molar-refractivity contribution in [1.29, 1.82) is 0 Å². The van der Waals surface area contributed by atoms with Gasteiger partial charge in [0, 0.05) is 6.42 Å². The third-order valence-electron chi connectivity index (χ3n) is 4.03. The summed E-state index contributed by atoms with van der Waals surface area (Å²) in [5.41, 5.74) is 1.04. The molecule has 2 aromatic rings. The molecule has 1 aliphatic rings. The molecule has 134 valence electrons. The van der Waals surface area contributed by atoms with E-state index in [1.807, 2.05) is 31.2 Å². The van der Waals surface area contributed by atoms with E-state index in [1.54, 1.807) is 12.4 Å². The fourth-order valence-corrected chi connectivity index (χ4v) is 2.80. The van der Waals surface area contributed by atoms with Gasteiger partial charge in [0.15, 0.2) is 5.75 Å². The lowest BCUT2D eigenvalue weighted by molar-refractivity contribution is -0.122. The Balaban J connectivity index is 1.50. The molecule has 0 unspecified atom stereocenters. The highest BCUT2D eigenvalue weighted by Gasteiger charge is 2.31. The Bertz CT molecular complexity index is 675. The van der Waals surface area contributed by atoms with Crippen LogP contribution in [0.5, 0.6) is 11.5 Å². The monoisotopic (exact) mass is 345 g/mol. The molecule has 7 nitrogen and oxygen atoms in total. The number of carbonyl (C=O) groups excluding carboxylic acids is 1. The Kier molecular flexibility index (Phi) is 5.90. The average Bonchev–Trinajstić information content (AvgIpc) is 3.27. The zero-order valence-corrected chi connectivity index (χ0v) is 14.2. The van der Waals surface area contributed by atoms with Gasteiger partial charge in [0.1, 0.15) is 11.9 Å². The fourth-order valence-electron chi connectivity index (χ4n) is 2.80. The summed E-state index contributed by atoms with van der Waals surface area (Å²) in [7, 11) is 0.